The topological polar surface area (TPSA) is 79.0 Å². The predicted octanol–water partition coefficient (Wildman–Crippen LogP) is 4.03. The van der Waals surface area contributed by atoms with Crippen molar-refractivity contribution in [1.29, 1.82) is 0 Å². The Kier molecular flexibility index (Phi) is 5.82. The highest BCUT2D eigenvalue weighted by atomic mass is 79.9. The second-order valence-electron chi connectivity index (χ2n) is 7.56. The Morgan fingerprint density at radius 2 is 2.03 bits per heavy atom. The number of nitrogens with zero attached hydrogens (tertiary/aromatic N) is 4. The van der Waals surface area contributed by atoms with Gasteiger partial charge in [-0.3, -0.25) is 0 Å². The third-order valence-corrected chi connectivity index (χ3v) is 5.83. The van der Waals surface area contributed by atoms with E-state index in [1.165, 1.54) is 0 Å². The van der Waals surface area contributed by atoms with E-state index >= 15 is 0 Å². The smallest absolute Gasteiger partial charge is 0.178 e. The number of aromatic nitrogens is 4. The Morgan fingerprint density at radius 3 is 2.87 bits per heavy atom. The number of rotatable bonds is 6. The maximum atomic E-state index is 5.99. The quantitative estimate of drug-likeness (QED) is 0.435. The number of pyridine rings is 2. The molecule has 3 aromatic heterocycles. The third-order valence-electron chi connectivity index (χ3n) is 5.40. The van der Waals surface area contributed by atoms with Crippen molar-refractivity contribution in [2.75, 3.05) is 31.1 Å². The van der Waals surface area contributed by atoms with Gasteiger partial charge >= 0.3 is 0 Å². The maximum Gasteiger partial charge on any atom is 0.178 e. The molecule has 4 heterocycles. The number of ether oxygens (including phenoxy) is 1. The Labute approximate surface area is 189 Å². The molecule has 1 atom stereocenters. The fourth-order valence-corrected chi connectivity index (χ4v) is 4.14. The molecule has 4 aromatic rings. The number of imidazole rings is 1. The van der Waals surface area contributed by atoms with Crippen LogP contribution in [0.4, 0.5) is 5.82 Å². The summed E-state index contributed by atoms with van der Waals surface area (Å²) in [6.45, 7) is 3.54. The molecule has 1 fully saturated rings. The van der Waals surface area contributed by atoms with Crippen LogP contribution >= 0.6 is 15.9 Å². The summed E-state index contributed by atoms with van der Waals surface area (Å²) in [7, 11) is 0. The molecule has 5 rings (SSSR count). The molecular weight excluding hydrogens is 456 g/mol. The molecule has 1 aliphatic heterocycles. The molecule has 0 radical (unpaired) electrons. The van der Waals surface area contributed by atoms with E-state index in [2.05, 4.69) is 52.1 Å². The molecule has 0 amide bonds. The minimum atomic E-state index is 0.386. The van der Waals surface area contributed by atoms with Crippen molar-refractivity contribution in [1.82, 2.24) is 25.3 Å². The average Bonchev–Trinajstić information content (AvgIpc) is 3.23. The van der Waals surface area contributed by atoms with E-state index in [4.69, 9.17) is 4.74 Å². The van der Waals surface area contributed by atoms with Crippen LogP contribution in [0.15, 0.2) is 65.4 Å². The number of H-pyrrole nitrogens is 1. The first-order valence-corrected chi connectivity index (χ1v) is 11.2. The zero-order valence-corrected chi connectivity index (χ0v) is 18.5. The number of fused-ring (bicyclic) bond motifs is 1. The molecule has 7 nitrogen and oxygen atoms in total. The SMILES string of the molecule is Brc1cnc2nc(-c3ccc(OCCC4CN(c5ccccn5)CCN4)cc3)[nH]c2c1. The van der Waals surface area contributed by atoms with E-state index in [-0.39, 0.29) is 0 Å². The molecule has 1 aromatic carbocycles. The zero-order chi connectivity index (χ0) is 21.0. The summed E-state index contributed by atoms with van der Waals surface area (Å²) in [5.74, 6) is 2.70. The lowest BCUT2D eigenvalue weighted by atomic mass is 10.1. The number of hydrogen-bond acceptors (Lipinski definition) is 6. The van der Waals surface area contributed by atoms with Crippen molar-refractivity contribution >= 4 is 32.9 Å². The van der Waals surface area contributed by atoms with Crippen LogP contribution in [0.1, 0.15) is 6.42 Å². The lowest BCUT2D eigenvalue weighted by Gasteiger charge is -2.34. The normalized spacial score (nSPS) is 16.5. The predicted molar refractivity (Wildman–Crippen MR) is 125 cm³/mol. The molecular formula is C23H23BrN6O. The van der Waals surface area contributed by atoms with Crippen LogP contribution in [0, 0.1) is 0 Å². The molecule has 0 saturated carbocycles. The second kappa shape index (κ2) is 9.03. The van der Waals surface area contributed by atoms with Crippen molar-refractivity contribution in [3.8, 4) is 17.1 Å². The summed E-state index contributed by atoms with van der Waals surface area (Å²) in [5.41, 5.74) is 2.61. The third kappa shape index (κ3) is 4.70. The monoisotopic (exact) mass is 478 g/mol. The van der Waals surface area contributed by atoms with Gasteiger partial charge in [-0.05, 0) is 64.8 Å². The van der Waals surface area contributed by atoms with E-state index in [9.17, 15) is 0 Å². The molecule has 158 valence electrons. The van der Waals surface area contributed by atoms with Gasteiger partial charge in [0, 0.05) is 48.1 Å². The van der Waals surface area contributed by atoms with Gasteiger partial charge in [0.25, 0.3) is 0 Å². The minimum absolute atomic E-state index is 0.386. The first-order valence-electron chi connectivity index (χ1n) is 10.4. The van der Waals surface area contributed by atoms with Gasteiger partial charge in [-0.2, -0.15) is 0 Å². The number of halogens is 1. The van der Waals surface area contributed by atoms with E-state index in [1.807, 2.05) is 48.7 Å². The van der Waals surface area contributed by atoms with Gasteiger partial charge in [0.2, 0.25) is 0 Å². The van der Waals surface area contributed by atoms with E-state index < -0.39 is 0 Å². The van der Waals surface area contributed by atoms with Crippen LogP contribution in [0.25, 0.3) is 22.6 Å². The van der Waals surface area contributed by atoms with Crippen LogP contribution in [-0.4, -0.2) is 52.2 Å². The van der Waals surface area contributed by atoms with E-state index in [0.29, 0.717) is 18.3 Å². The number of anilines is 1. The van der Waals surface area contributed by atoms with Gasteiger partial charge in [-0.25, -0.2) is 15.0 Å². The average molecular weight is 479 g/mol. The largest absolute Gasteiger partial charge is 0.494 e. The molecule has 8 heteroatoms. The fraction of sp³-hybridized carbons (Fsp3) is 0.261. The zero-order valence-electron chi connectivity index (χ0n) is 17.0. The minimum Gasteiger partial charge on any atom is -0.494 e. The number of aromatic amines is 1. The summed E-state index contributed by atoms with van der Waals surface area (Å²) in [6, 6.07) is 16.4. The number of hydrogen-bond donors (Lipinski definition) is 2. The van der Waals surface area contributed by atoms with Crippen LogP contribution < -0.4 is 15.0 Å². The van der Waals surface area contributed by atoms with Gasteiger partial charge in [0.05, 0.1) is 12.1 Å². The maximum absolute atomic E-state index is 5.99. The van der Waals surface area contributed by atoms with Gasteiger partial charge in [0.1, 0.15) is 17.4 Å². The standard InChI is InChI=1S/C23H23BrN6O/c24-17-13-20-23(27-14-17)29-22(28-20)16-4-6-19(7-5-16)31-12-8-18-15-30(11-10-25-18)21-3-1-2-9-26-21/h1-7,9,13-14,18,25H,8,10-12,15H2,(H,27,28,29). The lowest BCUT2D eigenvalue weighted by Crippen LogP contribution is -2.51. The van der Waals surface area contributed by atoms with Crippen LogP contribution in [0.5, 0.6) is 5.75 Å². The van der Waals surface area contributed by atoms with Crippen molar-refractivity contribution in [2.24, 2.45) is 0 Å². The van der Waals surface area contributed by atoms with E-state index in [1.54, 1.807) is 6.20 Å². The molecule has 0 aliphatic carbocycles. The highest BCUT2D eigenvalue weighted by Crippen LogP contribution is 2.24. The summed E-state index contributed by atoms with van der Waals surface area (Å²) < 4.78 is 6.92. The van der Waals surface area contributed by atoms with Crippen molar-refractivity contribution < 1.29 is 4.74 Å². The fourth-order valence-electron chi connectivity index (χ4n) is 3.81. The van der Waals surface area contributed by atoms with Crippen molar-refractivity contribution in [3.63, 3.8) is 0 Å². The van der Waals surface area contributed by atoms with Gasteiger partial charge in [-0.15, -0.1) is 0 Å². The Hall–Kier alpha value is -2.97. The molecule has 1 unspecified atom stereocenters. The van der Waals surface area contributed by atoms with Gasteiger partial charge in [-0.1, -0.05) is 6.07 Å². The molecule has 31 heavy (non-hydrogen) atoms. The van der Waals surface area contributed by atoms with E-state index in [0.717, 1.165) is 59.0 Å². The number of nitrogens with one attached hydrogen (secondary N) is 2. The van der Waals surface area contributed by atoms with Crippen LogP contribution in [0.2, 0.25) is 0 Å². The van der Waals surface area contributed by atoms with Crippen LogP contribution in [0.3, 0.4) is 0 Å². The molecule has 1 aliphatic rings. The van der Waals surface area contributed by atoms with Crippen LogP contribution in [-0.2, 0) is 0 Å². The first kappa shape index (κ1) is 20.0. The van der Waals surface area contributed by atoms with Gasteiger partial charge < -0.3 is 19.9 Å². The molecule has 0 bridgehead atoms. The second-order valence-corrected chi connectivity index (χ2v) is 8.47. The molecule has 0 spiro atoms. The highest BCUT2D eigenvalue weighted by molar-refractivity contribution is 9.10. The van der Waals surface area contributed by atoms with Crippen molar-refractivity contribution in [2.45, 2.75) is 12.5 Å². The molecule has 1 saturated heterocycles. The van der Waals surface area contributed by atoms with Crippen molar-refractivity contribution in [3.05, 3.63) is 65.4 Å². The number of benzene rings is 1. The lowest BCUT2D eigenvalue weighted by molar-refractivity contribution is 0.280. The number of piperazine rings is 1. The van der Waals surface area contributed by atoms with Gasteiger partial charge in [0.15, 0.2) is 5.65 Å². The molecule has 2 N–H and O–H groups in total. The Morgan fingerprint density at radius 1 is 1.13 bits per heavy atom. The highest BCUT2D eigenvalue weighted by Gasteiger charge is 2.20. The summed E-state index contributed by atoms with van der Waals surface area (Å²) in [6.07, 6.45) is 4.54. The summed E-state index contributed by atoms with van der Waals surface area (Å²) in [5, 5.41) is 3.58. The Bertz CT molecular complexity index is 1150. The summed E-state index contributed by atoms with van der Waals surface area (Å²) in [4.78, 5) is 19.0. The summed E-state index contributed by atoms with van der Waals surface area (Å²) >= 11 is 3.44. The first-order chi connectivity index (χ1) is 15.2. The Balaban J connectivity index is 1.16.